The molecular weight excluding hydrogens is 294 g/mol. The number of carbonyl (C=O) groups is 2. The second kappa shape index (κ2) is 6.68. The standard InChI is InChI=1S/C17H23N3O3/c18-12-17(6-9-23-10-7-17)16(22)19-13-3-1-4-14(11-13)20-8-2-5-15(20)21/h1,3-4,11H,2,5-10,12,18H2,(H,19,22). The van der Waals surface area contributed by atoms with E-state index in [2.05, 4.69) is 5.32 Å². The molecule has 124 valence electrons. The van der Waals surface area contributed by atoms with Gasteiger partial charge in [-0.3, -0.25) is 9.59 Å². The van der Waals surface area contributed by atoms with Gasteiger partial charge in [0.05, 0.1) is 5.41 Å². The first-order valence-electron chi connectivity index (χ1n) is 8.14. The van der Waals surface area contributed by atoms with Gasteiger partial charge in [0.25, 0.3) is 0 Å². The van der Waals surface area contributed by atoms with Gasteiger partial charge in [0.15, 0.2) is 0 Å². The summed E-state index contributed by atoms with van der Waals surface area (Å²) in [5, 5.41) is 2.97. The summed E-state index contributed by atoms with van der Waals surface area (Å²) in [6, 6.07) is 7.44. The zero-order valence-electron chi connectivity index (χ0n) is 13.2. The van der Waals surface area contributed by atoms with E-state index in [-0.39, 0.29) is 11.8 Å². The number of ether oxygens (including phenoxy) is 1. The van der Waals surface area contributed by atoms with Crippen molar-refractivity contribution in [2.45, 2.75) is 25.7 Å². The van der Waals surface area contributed by atoms with Crippen LogP contribution in [-0.2, 0) is 14.3 Å². The van der Waals surface area contributed by atoms with Crippen LogP contribution in [0, 0.1) is 5.41 Å². The third kappa shape index (κ3) is 3.23. The van der Waals surface area contributed by atoms with Gasteiger partial charge in [-0.15, -0.1) is 0 Å². The lowest BCUT2D eigenvalue weighted by atomic mass is 9.79. The van der Waals surface area contributed by atoms with E-state index in [9.17, 15) is 9.59 Å². The van der Waals surface area contributed by atoms with Gasteiger partial charge in [-0.2, -0.15) is 0 Å². The van der Waals surface area contributed by atoms with Gasteiger partial charge >= 0.3 is 0 Å². The van der Waals surface area contributed by atoms with Crippen molar-refractivity contribution in [3.63, 3.8) is 0 Å². The summed E-state index contributed by atoms with van der Waals surface area (Å²) >= 11 is 0. The summed E-state index contributed by atoms with van der Waals surface area (Å²) in [7, 11) is 0. The number of rotatable bonds is 4. The fraction of sp³-hybridized carbons (Fsp3) is 0.529. The molecule has 2 fully saturated rings. The molecular formula is C17H23N3O3. The largest absolute Gasteiger partial charge is 0.381 e. The van der Waals surface area contributed by atoms with Crippen molar-refractivity contribution in [2.75, 3.05) is 36.5 Å². The Bertz CT molecular complexity index is 597. The van der Waals surface area contributed by atoms with Crippen LogP contribution in [0.5, 0.6) is 0 Å². The molecule has 3 N–H and O–H groups in total. The maximum absolute atomic E-state index is 12.7. The highest BCUT2D eigenvalue weighted by atomic mass is 16.5. The van der Waals surface area contributed by atoms with Crippen LogP contribution >= 0.6 is 0 Å². The monoisotopic (exact) mass is 317 g/mol. The van der Waals surface area contributed by atoms with Crippen LogP contribution in [0.4, 0.5) is 11.4 Å². The number of amides is 2. The minimum atomic E-state index is -0.558. The first kappa shape index (κ1) is 16.0. The number of hydrogen-bond donors (Lipinski definition) is 2. The lowest BCUT2D eigenvalue weighted by molar-refractivity contribution is -0.130. The van der Waals surface area contributed by atoms with Crippen LogP contribution in [-0.4, -0.2) is 38.1 Å². The summed E-state index contributed by atoms with van der Waals surface area (Å²) in [6.07, 6.45) is 2.75. The summed E-state index contributed by atoms with van der Waals surface area (Å²) in [5.41, 5.74) is 6.85. The lowest BCUT2D eigenvalue weighted by Crippen LogP contribution is -2.46. The average molecular weight is 317 g/mol. The molecule has 2 aliphatic heterocycles. The Morgan fingerprint density at radius 2 is 2.13 bits per heavy atom. The number of benzene rings is 1. The predicted octanol–water partition coefficient (Wildman–Crippen LogP) is 1.51. The topological polar surface area (TPSA) is 84.7 Å². The second-order valence-corrected chi connectivity index (χ2v) is 6.25. The molecule has 0 bridgehead atoms. The SMILES string of the molecule is NCC1(C(=O)Nc2cccc(N3CCCC3=O)c2)CCOCC1. The molecule has 2 aliphatic rings. The smallest absolute Gasteiger partial charge is 0.232 e. The number of hydrogen-bond acceptors (Lipinski definition) is 4. The fourth-order valence-corrected chi connectivity index (χ4v) is 3.22. The van der Waals surface area contributed by atoms with E-state index in [4.69, 9.17) is 10.5 Å². The van der Waals surface area contributed by atoms with Gasteiger partial charge in [-0.1, -0.05) is 6.07 Å². The zero-order chi connectivity index (χ0) is 16.3. The molecule has 6 heteroatoms. The van der Waals surface area contributed by atoms with Crippen LogP contribution in [0.25, 0.3) is 0 Å². The van der Waals surface area contributed by atoms with Crippen molar-refractivity contribution in [1.29, 1.82) is 0 Å². The quantitative estimate of drug-likeness (QED) is 0.881. The first-order chi connectivity index (χ1) is 11.1. The molecule has 0 unspecified atom stereocenters. The van der Waals surface area contributed by atoms with Crippen LogP contribution in [0.3, 0.4) is 0 Å². The van der Waals surface area contributed by atoms with Crippen LogP contribution in [0.15, 0.2) is 24.3 Å². The molecule has 0 saturated carbocycles. The highest BCUT2D eigenvalue weighted by Gasteiger charge is 2.38. The number of nitrogens with two attached hydrogens (primary N) is 1. The Morgan fingerprint density at radius 1 is 1.35 bits per heavy atom. The van der Waals surface area contributed by atoms with E-state index in [1.54, 1.807) is 4.90 Å². The number of nitrogens with one attached hydrogen (secondary N) is 1. The van der Waals surface area contributed by atoms with Crippen molar-refractivity contribution < 1.29 is 14.3 Å². The average Bonchev–Trinajstić information content (AvgIpc) is 3.01. The van der Waals surface area contributed by atoms with E-state index in [0.717, 1.165) is 18.7 Å². The molecule has 0 radical (unpaired) electrons. The Balaban J connectivity index is 1.74. The first-order valence-corrected chi connectivity index (χ1v) is 8.14. The van der Waals surface area contributed by atoms with E-state index in [1.165, 1.54) is 0 Å². The summed E-state index contributed by atoms with van der Waals surface area (Å²) < 4.78 is 5.35. The summed E-state index contributed by atoms with van der Waals surface area (Å²) in [4.78, 5) is 26.3. The van der Waals surface area contributed by atoms with Gasteiger partial charge in [0, 0.05) is 44.1 Å². The van der Waals surface area contributed by atoms with Gasteiger partial charge in [0.1, 0.15) is 0 Å². The molecule has 2 amide bonds. The third-order valence-corrected chi connectivity index (χ3v) is 4.81. The maximum Gasteiger partial charge on any atom is 0.232 e. The van der Waals surface area contributed by atoms with E-state index in [0.29, 0.717) is 44.7 Å². The van der Waals surface area contributed by atoms with Gasteiger partial charge in [0.2, 0.25) is 11.8 Å². The maximum atomic E-state index is 12.7. The van der Waals surface area contributed by atoms with Gasteiger partial charge in [-0.25, -0.2) is 0 Å². The Labute approximate surface area is 136 Å². The third-order valence-electron chi connectivity index (χ3n) is 4.81. The number of nitrogens with zero attached hydrogens (tertiary/aromatic N) is 1. The van der Waals surface area contributed by atoms with E-state index in [1.807, 2.05) is 24.3 Å². The molecule has 2 saturated heterocycles. The minimum absolute atomic E-state index is 0.0619. The van der Waals surface area contributed by atoms with Gasteiger partial charge in [-0.05, 0) is 37.5 Å². The predicted molar refractivity (Wildman–Crippen MR) is 88.2 cm³/mol. The molecule has 1 aromatic carbocycles. The molecule has 0 aromatic heterocycles. The summed E-state index contributed by atoms with van der Waals surface area (Å²) in [6.45, 7) is 2.17. The van der Waals surface area contributed by atoms with Crippen LogP contribution in [0.1, 0.15) is 25.7 Å². The zero-order valence-corrected chi connectivity index (χ0v) is 13.2. The van der Waals surface area contributed by atoms with Crippen LogP contribution in [0.2, 0.25) is 0 Å². The lowest BCUT2D eigenvalue weighted by Gasteiger charge is -2.34. The van der Waals surface area contributed by atoms with Crippen molar-refractivity contribution in [1.82, 2.24) is 0 Å². The van der Waals surface area contributed by atoms with E-state index >= 15 is 0 Å². The number of anilines is 2. The molecule has 6 nitrogen and oxygen atoms in total. The molecule has 0 spiro atoms. The number of carbonyl (C=O) groups excluding carboxylic acids is 2. The highest BCUT2D eigenvalue weighted by Crippen LogP contribution is 2.31. The molecule has 2 heterocycles. The molecule has 3 rings (SSSR count). The van der Waals surface area contributed by atoms with Crippen LogP contribution < -0.4 is 16.0 Å². The molecule has 1 aromatic rings. The molecule has 0 aliphatic carbocycles. The molecule has 23 heavy (non-hydrogen) atoms. The van der Waals surface area contributed by atoms with Crippen molar-refractivity contribution in [3.05, 3.63) is 24.3 Å². The van der Waals surface area contributed by atoms with Gasteiger partial charge < -0.3 is 20.7 Å². The van der Waals surface area contributed by atoms with E-state index < -0.39 is 5.41 Å². The Morgan fingerprint density at radius 3 is 2.78 bits per heavy atom. The Kier molecular flexibility index (Phi) is 4.63. The fourth-order valence-electron chi connectivity index (χ4n) is 3.22. The Hall–Kier alpha value is -1.92. The normalized spacial score (nSPS) is 20.6. The highest BCUT2D eigenvalue weighted by molar-refractivity contribution is 5.98. The minimum Gasteiger partial charge on any atom is -0.381 e. The van der Waals surface area contributed by atoms with Crippen molar-refractivity contribution >= 4 is 23.2 Å². The van der Waals surface area contributed by atoms with Crippen molar-refractivity contribution in [2.24, 2.45) is 11.1 Å². The van der Waals surface area contributed by atoms with Crippen molar-refractivity contribution in [3.8, 4) is 0 Å². The molecule has 0 atom stereocenters. The summed E-state index contributed by atoms with van der Waals surface area (Å²) in [5.74, 6) is 0.0736. The second-order valence-electron chi connectivity index (χ2n) is 6.25.